The number of hydrogen-bond acceptors (Lipinski definition) is 7. The van der Waals surface area contributed by atoms with Crippen LogP contribution in [0, 0.1) is 17.0 Å². The first-order valence-electron chi connectivity index (χ1n) is 12.2. The molecule has 1 aliphatic carbocycles. The second kappa shape index (κ2) is 11.3. The van der Waals surface area contributed by atoms with Gasteiger partial charge in [0.25, 0.3) is 0 Å². The molecule has 10 heteroatoms. The lowest BCUT2D eigenvalue weighted by atomic mass is 9.77. The molecule has 0 bridgehead atoms. The first kappa shape index (κ1) is 27.9. The van der Waals surface area contributed by atoms with Gasteiger partial charge < -0.3 is 19.3 Å². The molecule has 38 heavy (non-hydrogen) atoms. The number of halogens is 2. The molecule has 1 aromatic heterocycles. The number of methoxy groups -OCH3 is 1. The summed E-state index contributed by atoms with van der Waals surface area (Å²) in [5.74, 6) is -2.32. The van der Waals surface area contributed by atoms with Crippen LogP contribution < -0.4 is 14.2 Å². The van der Waals surface area contributed by atoms with Gasteiger partial charge in [-0.1, -0.05) is 26.0 Å². The molecule has 0 spiro atoms. The van der Waals surface area contributed by atoms with E-state index in [1.165, 1.54) is 18.4 Å². The van der Waals surface area contributed by atoms with Gasteiger partial charge >= 0.3 is 5.97 Å². The summed E-state index contributed by atoms with van der Waals surface area (Å²) in [6.07, 6.45) is 4.81. The molecule has 0 aliphatic heterocycles. The second-order valence-corrected chi connectivity index (χ2v) is 11.8. The minimum atomic E-state index is -1.39. The second-order valence-electron chi connectivity index (χ2n) is 10.1. The third kappa shape index (κ3) is 6.13. The van der Waals surface area contributed by atoms with Crippen molar-refractivity contribution >= 4 is 40.5 Å². The summed E-state index contributed by atoms with van der Waals surface area (Å²) in [7, 11) is 1.36. The highest BCUT2D eigenvalue weighted by Gasteiger charge is 2.26. The third-order valence-electron chi connectivity index (χ3n) is 6.27. The Balaban J connectivity index is 1.59. The van der Waals surface area contributed by atoms with Gasteiger partial charge in [-0.25, -0.2) is 18.6 Å². The van der Waals surface area contributed by atoms with Crippen LogP contribution >= 0.6 is 23.3 Å². The predicted molar refractivity (Wildman–Crippen MR) is 148 cm³/mol. The Morgan fingerprint density at radius 3 is 2.61 bits per heavy atom. The Labute approximate surface area is 229 Å². The number of hydrogen-bond donors (Lipinski definition) is 2. The normalized spacial score (nSPS) is 14.8. The molecule has 0 unspecified atom stereocenters. The van der Waals surface area contributed by atoms with Gasteiger partial charge in [0.2, 0.25) is 0 Å². The fraction of sp³-hybridized carbons (Fsp3) is 0.357. The van der Waals surface area contributed by atoms with Crippen LogP contribution in [0.25, 0.3) is 16.1 Å². The Hall–Kier alpha value is -3.11. The van der Waals surface area contributed by atoms with Gasteiger partial charge in [0.05, 0.1) is 30.0 Å². The van der Waals surface area contributed by atoms with Crippen molar-refractivity contribution < 1.29 is 28.2 Å². The number of aromatic carboxylic acids is 1. The minimum Gasteiger partial charge on any atom is -0.495 e. The summed E-state index contributed by atoms with van der Waals surface area (Å²) in [4.78, 5) is 15.7. The number of ether oxygens (including phenoxy) is 2. The van der Waals surface area contributed by atoms with E-state index in [0.717, 1.165) is 54.5 Å². The Morgan fingerprint density at radius 2 is 1.97 bits per heavy atom. The van der Waals surface area contributed by atoms with Crippen molar-refractivity contribution in [3.8, 4) is 22.1 Å². The van der Waals surface area contributed by atoms with Crippen molar-refractivity contribution in [1.82, 2.24) is 4.98 Å². The van der Waals surface area contributed by atoms with Gasteiger partial charge in [-0.15, -0.1) is 11.3 Å². The summed E-state index contributed by atoms with van der Waals surface area (Å²) in [5, 5.41) is 11.9. The lowest BCUT2D eigenvalue weighted by Crippen LogP contribution is -2.15. The van der Waals surface area contributed by atoms with Crippen LogP contribution in [0.3, 0.4) is 0 Å². The summed E-state index contributed by atoms with van der Waals surface area (Å²) < 4.78 is 44.2. The number of anilines is 1. The van der Waals surface area contributed by atoms with Gasteiger partial charge in [-0.05, 0) is 56.2 Å². The summed E-state index contributed by atoms with van der Waals surface area (Å²) >= 11 is 2.36. The van der Waals surface area contributed by atoms with E-state index >= 15 is 4.39 Å². The first-order chi connectivity index (χ1) is 18.0. The maximum Gasteiger partial charge on any atom is 0.338 e. The van der Waals surface area contributed by atoms with Crippen LogP contribution in [0.15, 0.2) is 40.7 Å². The van der Waals surface area contributed by atoms with Crippen molar-refractivity contribution in [3.05, 3.63) is 58.5 Å². The van der Waals surface area contributed by atoms with Gasteiger partial charge in [-0.3, -0.25) is 0 Å². The lowest BCUT2D eigenvalue weighted by Gasteiger charge is -2.29. The van der Waals surface area contributed by atoms with Crippen LogP contribution in [0.2, 0.25) is 0 Å². The zero-order valence-corrected chi connectivity index (χ0v) is 23.5. The molecule has 1 aliphatic rings. The van der Waals surface area contributed by atoms with Crippen molar-refractivity contribution in [1.29, 1.82) is 0 Å². The molecule has 0 atom stereocenters. The van der Waals surface area contributed by atoms with E-state index in [0.29, 0.717) is 15.6 Å². The number of carboxylic acids is 1. The maximum atomic E-state index is 15.9. The smallest absolute Gasteiger partial charge is 0.338 e. The molecule has 0 saturated heterocycles. The molecule has 1 heterocycles. The molecule has 0 fully saturated rings. The highest BCUT2D eigenvalue weighted by Crippen LogP contribution is 2.44. The van der Waals surface area contributed by atoms with E-state index in [1.54, 1.807) is 11.4 Å². The van der Waals surface area contributed by atoms with Crippen LogP contribution in [0.5, 0.6) is 11.5 Å². The molecule has 4 rings (SSSR count). The Morgan fingerprint density at radius 1 is 1.24 bits per heavy atom. The van der Waals surface area contributed by atoms with Gasteiger partial charge in [0.1, 0.15) is 21.6 Å². The number of nitrogens with zero attached hydrogens (tertiary/aromatic N) is 1. The molecule has 202 valence electrons. The third-order valence-corrected chi connectivity index (χ3v) is 8.03. The quantitative estimate of drug-likeness (QED) is 0.255. The minimum absolute atomic E-state index is 0.171. The number of nitrogens with one attached hydrogen (secondary N) is 1. The first-order valence-corrected chi connectivity index (χ1v) is 13.9. The fourth-order valence-corrected chi connectivity index (χ4v) is 5.76. The SMILES string of the molecule is COc1cc(C(=O)O)c(F)cc1NSc1csc(-c2ccc(C3=CCC(C)(C)CC3)c(OC(C)C)c2F)n1. The van der Waals surface area contributed by atoms with E-state index in [1.807, 2.05) is 19.9 Å². The zero-order chi connectivity index (χ0) is 27.6. The topological polar surface area (TPSA) is 80.7 Å². The number of rotatable bonds is 9. The molecule has 0 amide bonds. The lowest BCUT2D eigenvalue weighted by molar-refractivity contribution is 0.0691. The van der Waals surface area contributed by atoms with Crippen LogP contribution in [0.4, 0.5) is 14.5 Å². The summed E-state index contributed by atoms with van der Waals surface area (Å²) in [5.41, 5.74) is 2.22. The monoisotopic (exact) mass is 560 g/mol. The molecule has 0 radical (unpaired) electrons. The highest BCUT2D eigenvalue weighted by molar-refractivity contribution is 8.00. The number of allylic oxidation sites excluding steroid dienone is 2. The van der Waals surface area contributed by atoms with E-state index in [9.17, 15) is 9.18 Å². The molecule has 3 aromatic rings. The van der Waals surface area contributed by atoms with Gasteiger partial charge in [0, 0.05) is 29.0 Å². The van der Waals surface area contributed by atoms with Crippen LogP contribution in [-0.4, -0.2) is 29.3 Å². The average Bonchev–Trinajstić information content (AvgIpc) is 3.32. The van der Waals surface area contributed by atoms with Gasteiger partial charge in [0.15, 0.2) is 11.6 Å². The van der Waals surface area contributed by atoms with E-state index in [-0.39, 0.29) is 28.7 Å². The molecule has 2 aromatic carbocycles. The van der Waals surface area contributed by atoms with E-state index in [4.69, 9.17) is 14.6 Å². The standard InChI is InChI=1S/C28H30F2N2O4S2/c1-15(2)36-25-17(16-8-10-28(3,4)11-9-16)6-7-18(24(25)30)26-31-23(14-37-26)38-32-21-13-20(29)19(27(33)34)12-22(21)35-5/h6-8,12-15,32H,9-11H2,1-5H3,(H,33,34). The van der Waals surface area contributed by atoms with Crippen molar-refractivity contribution in [2.45, 2.75) is 58.1 Å². The average molecular weight is 561 g/mol. The fourth-order valence-electron chi connectivity index (χ4n) is 4.15. The number of thiazole rings is 1. The molecular weight excluding hydrogens is 530 g/mol. The highest BCUT2D eigenvalue weighted by atomic mass is 32.2. The van der Waals surface area contributed by atoms with Crippen molar-refractivity contribution in [3.63, 3.8) is 0 Å². The Bertz CT molecular complexity index is 1390. The summed E-state index contributed by atoms with van der Waals surface area (Å²) in [6.45, 7) is 8.22. The van der Waals surface area contributed by atoms with Crippen LogP contribution in [-0.2, 0) is 0 Å². The van der Waals surface area contributed by atoms with Crippen molar-refractivity contribution in [2.75, 3.05) is 11.8 Å². The molecule has 6 nitrogen and oxygen atoms in total. The van der Waals surface area contributed by atoms with E-state index < -0.39 is 23.2 Å². The van der Waals surface area contributed by atoms with Crippen molar-refractivity contribution in [2.24, 2.45) is 5.41 Å². The molecule has 2 N–H and O–H groups in total. The number of carbonyl (C=O) groups is 1. The number of carboxylic acid groups (broad SMARTS) is 1. The predicted octanol–water partition coefficient (Wildman–Crippen LogP) is 8.30. The van der Waals surface area contributed by atoms with E-state index in [2.05, 4.69) is 29.6 Å². The largest absolute Gasteiger partial charge is 0.495 e. The molecule has 0 saturated carbocycles. The van der Waals surface area contributed by atoms with Gasteiger partial charge in [-0.2, -0.15) is 0 Å². The van der Waals surface area contributed by atoms with Crippen LogP contribution in [0.1, 0.15) is 62.9 Å². The Kier molecular flexibility index (Phi) is 8.32. The zero-order valence-electron chi connectivity index (χ0n) is 21.9. The number of aromatic nitrogens is 1. The summed E-state index contributed by atoms with van der Waals surface area (Å²) in [6, 6.07) is 5.81. The number of benzene rings is 2. The molecular formula is C28H30F2N2O4S2. The maximum absolute atomic E-state index is 15.9.